The molecule has 5 rings (SSSR count). The zero-order chi connectivity index (χ0) is 42.6. The summed E-state index contributed by atoms with van der Waals surface area (Å²) in [6, 6.07) is 2.04. The van der Waals surface area contributed by atoms with E-state index in [2.05, 4.69) is 21.3 Å². The molecule has 18 heteroatoms. The lowest BCUT2D eigenvalue weighted by Crippen LogP contribution is -2.63. The van der Waals surface area contributed by atoms with E-state index in [9.17, 15) is 43.1 Å². The molecule has 5 N–H and O–H groups in total. The fourth-order valence-corrected chi connectivity index (χ4v) is 7.99. The van der Waals surface area contributed by atoms with E-state index >= 15 is 0 Å². The van der Waals surface area contributed by atoms with Crippen LogP contribution >= 0.6 is 11.6 Å². The van der Waals surface area contributed by atoms with Gasteiger partial charge in [0.2, 0.25) is 29.5 Å². The summed E-state index contributed by atoms with van der Waals surface area (Å²) in [6.07, 6.45) is -2.05. The number of nitrogens with zero attached hydrogens (tertiary/aromatic N) is 3. The molecule has 7 amide bonds. The van der Waals surface area contributed by atoms with Crippen molar-refractivity contribution < 1.29 is 47.8 Å². The summed E-state index contributed by atoms with van der Waals surface area (Å²) in [4.78, 5) is 101. The number of rotatable bonds is 7. The number of hydrogen-bond donors (Lipinski definition) is 5. The predicted molar refractivity (Wildman–Crippen MR) is 210 cm³/mol. The van der Waals surface area contributed by atoms with Crippen molar-refractivity contribution in [3.05, 3.63) is 64.4 Å². The summed E-state index contributed by atoms with van der Waals surface area (Å²) >= 11 is 5.87. The highest BCUT2D eigenvalue weighted by Gasteiger charge is 2.47. The summed E-state index contributed by atoms with van der Waals surface area (Å²) < 4.78 is 20.5. The number of carbonyl (C=O) groups excluding carboxylic acids is 7. The van der Waals surface area contributed by atoms with Crippen molar-refractivity contribution in [3.63, 3.8) is 0 Å². The van der Waals surface area contributed by atoms with Crippen molar-refractivity contribution in [2.45, 2.75) is 109 Å². The molecule has 0 spiro atoms. The number of benzene rings is 2. The van der Waals surface area contributed by atoms with E-state index in [1.54, 1.807) is 18.2 Å². The van der Waals surface area contributed by atoms with E-state index in [1.165, 1.54) is 49.8 Å². The molecule has 0 bridgehead atoms. The van der Waals surface area contributed by atoms with Crippen LogP contribution in [-0.2, 0) is 39.9 Å². The molecular formula is C40H51ClFN7O9. The average Bonchev–Trinajstić information content (AvgIpc) is 3.80. The molecule has 0 aliphatic carbocycles. The molecule has 3 fully saturated rings. The van der Waals surface area contributed by atoms with Crippen molar-refractivity contribution >= 4 is 58.8 Å². The average molecular weight is 828 g/mol. The van der Waals surface area contributed by atoms with Gasteiger partial charge in [-0.25, -0.2) is 14.0 Å². The summed E-state index contributed by atoms with van der Waals surface area (Å²) in [5, 5.41) is 21.0. The second kappa shape index (κ2) is 18.5. The minimum atomic E-state index is -1.61. The fourth-order valence-electron chi connectivity index (χ4n) is 7.83. The molecule has 2 aromatic carbocycles. The number of cyclic esters (lactones) is 1. The minimum Gasteiger partial charge on any atom is -0.458 e. The van der Waals surface area contributed by atoms with E-state index in [1.807, 2.05) is 19.9 Å². The summed E-state index contributed by atoms with van der Waals surface area (Å²) in [5.74, 6) is -5.54. The first-order valence-electron chi connectivity index (χ1n) is 19.3. The Morgan fingerprint density at radius 1 is 1.02 bits per heavy atom. The third-order valence-corrected chi connectivity index (χ3v) is 11.0. The Labute approximate surface area is 341 Å². The third-order valence-electron chi connectivity index (χ3n) is 10.8. The zero-order valence-corrected chi connectivity index (χ0v) is 34.0. The first-order chi connectivity index (χ1) is 27.4. The lowest BCUT2D eigenvalue weighted by atomic mass is 10.0. The molecule has 58 heavy (non-hydrogen) atoms. The molecule has 0 aromatic heterocycles. The first kappa shape index (κ1) is 43.8. The molecule has 3 aliphatic heterocycles. The lowest BCUT2D eigenvalue weighted by Gasteiger charge is -2.37. The molecule has 0 radical (unpaired) electrons. The van der Waals surface area contributed by atoms with E-state index < -0.39 is 95.8 Å². The van der Waals surface area contributed by atoms with Crippen LogP contribution in [0.5, 0.6) is 0 Å². The number of anilines is 1. The van der Waals surface area contributed by atoms with Crippen LogP contribution in [0, 0.1) is 18.7 Å². The Hall–Kier alpha value is -5.29. The molecule has 3 saturated heterocycles. The lowest BCUT2D eigenvalue weighted by molar-refractivity contribution is -0.163. The zero-order valence-electron chi connectivity index (χ0n) is 33.3. The van der Waals surface area contributed by atoms with Crippen LogP contribution < -0.4 is 21.3 Å². The van der Waals surface area contributed by atoms with Gasteiger partial charge in [0.1, 0.15) is 48.2 Å². The number of ether oxygens (including phenoxy) is 1. The van der Waals surface area contributed by atoms with Gasteiger partial charge in [0.25, 0.3) is 0 Å². The van der Waals surface area contributed by atoms with Crippen molar-refractivity contribution in [2.75, 3.05) is 25.5 Å². The molecule has 9 atom stereocenters. The number of hydrogen-bond acceptors (Lipinski definition) is 9. The maximum absolute atomic E-state index is 14.6. The van der Waals surface area contributed by atoms with Crippen LogP contribution in [0.4, 0.5) is 14.9 Å². The third kappa shape index (κ3) is 10.0. The van der Waals surface area contributed by atoms with Gasteiger partial charge in [-0.05, 0) is 76.6 Å². The Morgan fingerprint density at radius 3 is 2.41 bits per heavy atom. The molecule has 3 aliphatic rings. The Bertz CT molecular complexity index is 1930. The molecule has 16 nitrogen and oxygen atoms in total. The van der Waals surface area contributed by atoms with Gasteiger partial charge in [-0.3, -0.25) is 24.0 Å². The molecule has 0 saturated carbocycles. The highest BCUT2D eigenvalue weighted by Crippen LogP contribution is 2.27. The normalized spacial score (nSPS) is 26.9. The highest BCUT2D eigenvalue weighted by atomic mass is 35.5. The van der Waals surface area contributed by atoms with E-state index in [-0.39, 0.29) is 49.0 Å². The summed E-state index contributed by atoms with van der Waals surface area (Å²) in [7, 11) is 1.32. The number of urea groups is 1. The van der Waals surface area contributed by atoms with Gasteiger partial charge in [0.05, 0.1) is 11.8 Å². The van der Waals surface area contributed by atoms with E-state index in [0.717, 1.165) is 16.5 Å². The van der Waals surface area contributed by atoms with Crippen LogP contribution in [-0.4, -0.2) is 130 Å². The van der Waals surface area contributed by atoms with Crippen molar-refractivity contribution in [1.29, 1.82) is 0 Å². The van der Waals surface area contributed by atoms with Crippen LogP contribution in [0.15, 0.2) is 42.5 Å². The van der Waals surface area contributed by atoms with Gasteiger partial charge in [-0.15, -0.1) is 0 Å². The number of aryl methyl sites for hydroxylation is 1. The molecule has 314 valence electrons. The SMILES string of the molecule is Cc1cccc(C[C@H](NC(=O)Nc2ccc(Cl)cc2F)C(=O)N[C@@H]2C(=O)N3CCC[C@H]3C(=O)N(C)[C@@H]([C@@H](C)O)C(=O)N[C@@H](C)C(=O)N3C[C@H](C)C[C@H]3C(=O)O[C@H]2C)c1. The van der Waals surface area contributed by atoms with Gasteiger partial charge >= 0.3 is 12.0 Å². The second-order valence-electron chi connectivity index (χ2n) is 15.5. The smallest absolute Gasteiger partial charge is 0.329 e. The Balaban J connectivity index is 1.51. The number of amides is 7. The maximum atomic E-state index is 14.6. The largest absolute Gasteiger partial charge is 0.458 e. The number of carbonyl (C=O) groups is 7. The van der Waals surface area contributed by atoms with Gasteiger partial charge in [0, 0.05) is 31.6 Å². The maximum Gasteiger partial charge on any atom is 0.329 e. The first-order valence-corrected chi connectivity index (χ1v) is 19.7. The van der Waals surface area contributed by atoms with Crippen LogP contribution in [0.25, 0.3) is 0 Å². The number of fused-ring (bicyclic) bond motifs is 2. The number of halogens is 2. The van der Waals surface area contributed by atoms with Gasteiger partial charge in [0.15, 0.2) is 0 Å². The number of esters is 1. The predicted octanol–water partition coefficient (Wildman–Crippen LogP) is 1.89. The number of aliphatic hydroxyl groups excluding tert-OH is 1. The topological polar surface area (TPSA) is 207 Å². The fraction of sp³-hybridized carbons (Fsp3) is 0.525. The van der Waals surface area contributed by atoms with Crippen LogP contribution in [0.3, 0.4) is 0 Å². The van der Waals surface area contributed by atoms with Crippen LogP contribution in [0.1, 0.15) is 58.1 Å². The van der Waals surface area contributed by atoms with Gasteiger partial charge in [-0.2, -0.15) is 0 Å². The van der Waals surface area contributed by atoms with Gasteiger partial charge in [-0.1, -0.05) is 48.4 Å². The number of likely N-dealkylation sites (N-methyl/N-ethyl adjacent to an activating group) is 1. The molecule has 2 aromatic rings. The van der Waals surface area contributed by atoms with E-state index in [0.29, 0.717) is 12.0 Å². The highest BCUT2D eigenvalue weighted by molar-refractivity contribution is 6.30. The summed E-state index contributed by atoms with van der Waals surface area (Å²) in [5.41, 5.74) is 1.30. The van der Waals surface area contributed by atoms with Crippen molar-refractivity contribution in [2.24, 2.45) is 5.92 Å². The van der Waals surface area contributed by atoms with Crippen molar-refractivity contribution in [3.8, 4) is 0 Å². The Morgan fingerprint density at radius 2 is 1.74 bits per heavy atom. The Kier molecular flexibility index (Phi) is 14.0. The van der Waals surface area contributed by atoms with E-state index in [4.69, 9.17) is 16.3 Å². The number of nitrogens with one attached hydrogen (secondary N) is 4. The minimum absolute atomic E-state index is 0.0706. The summed E-state index contributed by atoms with van der Waals surface area (Å²) in [6.45, 7) is 8.08. The van der Waals surface area contributed by atoms with Crippen molar-refractivity contribution in [1.82, 2.24) is 30.7 Å². The van der Waals surface area contributed by atoms with Crippen LogP contribution in [0.2, 0.25) is 5.02 Å². The molecular weight excluding hydrogens is 777 g/mol. The van der Waals surface area contributed by atoms with Gasteiger partial charge < -0.3 is 45.8 Å². The second-order valence-corrected chi connectivity index (χ2v) is 15.9. The monoisotopic (exact) mass is 827 g/mol. The quantitative estimate of drug-likeness (QED) is 0.258. The molecule has 0 unspecified atom stereocenters. The molecule has 3 heterocycles. The number of aliphatic hydroxyl groups is 1. The standard InChI is InChI=1S/C40H51ClFN7O9/c1-20-9-7-10-25(15-20)17-29(45-40(57)44-28-13-12-26(41)18-27(28)42)34(51)46-32-24(5)58-39(56)31-16-21(2)19-49(31)36(53)22(3)43-35(52)33(23(4)50)47(6)37(54)30-11-8-14-48(30)38(32)55/h7,9-10,12-13,15,18,21-24,29-33,50H,8,11,14,16-17,19H2,1-6H3,(H,43,52)(H,46,51)(H2,44,45,57)/t21-,22+,23-,24+,29+,30+,31+,32+,33+/m1/s1.